The molecule has 0 radical (unpaired) electrons. The van der Waals surface area contributed by atoms with Crippen LogP contribution in [0.5, 0.6) is 0 Å². The van der Waals surface area contributed by atoms with Gasteiger partial charge in [-0.25, -0.2) is 18.0 Å². The second-order valence-corrected chi connectivity index (χ2v) is 5.81. The minimum atomic E-state index is -1.47. The van der Waals surface area contributed by atoms with Crippen molar-refractivity contribution in [3.8, 4) is 0 Å². The number of hydrogen-bond acceptors (Lipinski definition) is 2. The summed E-state index contributed by atoms with van der Waals surface area (Å²) < 4.78 is 40.2. The van der Waals surface area contributed by atoms with E-state index in [0.29, 0.717) is 32.7 Å². The quantitative estimate of drug-likeness (QED) is 0.864. The number of anilines is 1. The minimum absolute atomic E-state index is 0.0169. The van der Waals surface area contributed by atoms with Crippen molar-refractivity contribution in [3.05, 3.63) is 65.5 Å². The summed E-state index contributed by atoms with van der Waals surface area (Å²) in [4.78, 5) is 15.4. The Morgan fingerprint density at radius 2 is 1.60 bits per heavy atom. The summed E-state index contributed by atoms with van der Waals surface area (Å²) in [5.74, 6) is -3.87. The van der Waals surface area contributed by atoms with Crippen molar-refractivity contribution < 1.29 is 18.0 Å². The summed E-state index contributed by atoms with van der Waals surface area (Å²) in [6, 6.07) is 11.5. The fraction of sp³-hybridized carbons (Fsp3) is 0.278. The van der Waals surface area contributed by atoms with Crippen LogP contribution < -0.4 is 10.2 Å². The monoisotopic (exact) mass is 349 g/mol. The van der Waals surface area contributed by atoms with Crippen LogP contribution in [0.3, 0.4) is 0 Å². The van der Waals surface area contributed by atoms with Gasteiger partial charge in [0.05, 0.1) is 5.69 Å². The minimum Gasteiger partial charge on any atom is -0.366 e. The van der Waals surface area contributed by atoms with Crippen molar-refractivity contribution >= 4 is 11.7 Å². The molecule has 2 aromatic carbocycles. The maximum absolute atomic E-state index is 13.9. The molecule has 1 fully saturated rings. The van der Waals surface area contributed by atoms with E-state index >= 15 is 0 Å². The Balaban J connectivity index is 1.55. The van der Waals surface area contributed by atoms with Gasteiger partial charge in [0.15, 0.2) is 17.5 Å². The summed E-state index contributed by atoms with van der Waals surface area (Å²) in [5.41, 5.74) is 1.02. The Kier molecular flexibility index (Phi) is 5.11. The number of urea groups is 1. The van der Waals surface area contributed by atoms with Crippen LogP contribution in [0.1, 0.15) is 5.56 Å². The van der Waals surface area contributed by atoms with Crippen LogP contribution in [0.25, 0.3) is 0 Å². The molecule has 0 atom stereocenters. The Morgan fingerprint density at radius 1 is 0.920 bits per heavy atom. The van der Waals surface area contributed by atoms with E-state index in [1.54, 1.807) is 9.80 Å². The Bertz CT molecular complexity index is 747. The Labute approximate surface area is 143 Å². The van der Waals surface area contributed by atoms with Gasteiger partial charge in [-0.2, -0.15) is 0 Å². The molecule has 2 amide bonds. The first-order chi connectivity index (χ1) is 12.1. The maximum atomic E-state index is 13.9. The first-order valence-electron chi connectivity index (χ1n) is 8.01. The van der Waals surface area contributed by atoms with E-state index in [4.69, 9.17) is 0 Å². The molecule has 1 heterocycles. The van der Waals surface area contributed by atoms with Gasteiger partial charge in [-0.3, -0.25) is 0 Å². The zero-order valence-corrected chi connectivity index (χ0v) is 13.5. The third-order valence-electron chi connectivity index (χ3n) is 4.21. The molecule has 0 saturated carbocycles. The van der Waals surface area contributed by atoms with E-state index in [1.807, 2.05) is 30.3 Å². The van der Waals surface area contributed by atoms with Crippen LogP contribution >= 0.6 is 0 Å². The highest BCUT2D eigenvalue weighted by Gasteiger charge is 2.24. The molecule has 1 aliphatic rings. The highest BCUT2D eigenvalue weighted by molar-refractivity contribution is 5.74. The molecule has 0 aromatic heterocycles. The smallest absolute Gasteiger partial charge is 0.317 e. The van der Waals surface area contributed by atoms with Gasteiger partial charge in [0.1, 0.15) is 0 Å². The van der Waals surface area contributed by atoms with Crippen LogP contribution in [-0.2, 0) is 6.54 Å². The molecule has 4 nitrogen and oxygen atoms in total. The molecule has 0 aliphatic carbocycles. The van der Waals surface area contributed by atoms with Gasteiger partial charge in [0.2, 0.25) is 0 Å². The number of nitrogens with one attached hydrogen (secondary N) is 1. The molecule has 2 aromatic rings. The van der Waals surface area contributed by atoms with Gasteiger partial charge < -0.3 is 15.1 Å². The van der Waals surface area contributed by atoms with Crippen LogP contribution in [0.15, 0.2) is 42.5 Å². The normalized spacial score (nSPS) is 14.5. The molecule has 7 heteroatoms. The summed E-state index contributed by atoms with van der Waals surface area (Å²) in [6.45, 7) is 1.87. The molecule has 132 valence electrons. The lowest BCUT2D eigenvalue weighted by Crippen LogP contribution is -2.52. The third kappa shape index (κ3) is 3.87. The van der Waals surface area contributed by atoms with Crippen molar-refractivity contribution in [2.45, 2.75) is 6.54 Å². The second kappa shape index (κ2) is 7.46. The molecule has 25 heavy (non-hydrogen) atoms. The highest BCUT2D eigenvalue weighted by Crippen LogP contribution is 2.24. The molecule has 0 spiro atoms. The number of carbonyl (C=O) groups is 1. The summed E-state index contributed by atoms with van der Waals surface area (Å²) in [7, 11) is 0. The first-order valence-corrected chi connectivity index (χ1v) is 8.01. The molecule has 0 unspecified atom stereocenters. The lowest BCUT2D eigenvalue weighted by atomic mass is 10.2. The lowest BCUT2D eigenvalue weighted by molar-refractivity contribution is 0.194. The number of halogens is 3. The summed E-state index contributed by atoms with van der Waals surface area (Å²) in [6.07, 6.45) is 0. The standard InChI is InChI=1S/C18H18F3N3O/c19-14-6-7-15(17(21)16(14)20)23-8-10-24(11-9-23)18(25)22-12-13-4-2-1-3-5-13/h1-7H,8-12H2,(H,22,25). The molecular formula is C18H18F3N3O. The van der Waals surface area contributed by atoms with E-state index in [9.17, 15) is 18.0 Å². The van der Waals surface area contributed by atoms with Crippen molar-refractivity contribution in [1.29, 1.82) is 0 Å². The van der Waals surface area contributed by atoms with Gasteiger partial charge in [0, 0.05) is 32.7 Å². The maximum Gasteiger partial charge on any atom is 0.317 e. The van der Waals surface area contributed by atoms with Gasteiger partial charge in [-0.15, -0.1) is 0 Å². The van der Waals surface area contributed by atoms with Crippen molar-refractivity contribution in [1.82, 2.24) is 10.2 Å². The predicted octanol–water partition coefficient (Wildman–Crippen LogP) is 3.14. The first kappa shape index (κ1) is 17.1. The number of hydrogen-bond donors (Lipinski definition) is 1. The number of carbonyl (C=O) groups excluding carboxylic acids is 1. The predicted molar refractivity (Wildman–Crippen MR) is 88.8 cm³/mol. The van der Waals surface area contributed by atoms with Gasteiger partial charge in [0.25, 0.3) is 0 Å². The number of amides is 2. The Hall–Kier alpha value is -2.70. The molecule has 0 bridgehead atoms. The van der Waals surface area contributed by atoms with E-state index in [2.05, 4.69) is 5.32 Å². The van der Waals surface area contributed by atoms with E-state index < -0.39 is 17.5 Å². The van der Waals surface area contributed by atoms with Crippen LogP contribution in [0.2, 0.25) is 0 Å². The number of piperazine rings is 1. The van der Waals surface area contributed by atoms with E-state index in [1.165, 1.54) is 6.07 Å². The van der Waals surface area contributed by atoms with Gasteiger partial charge in [-0.05, 0) is 17.7 Å². The fourth-order valence-electron chi connectivity index (χ4n) is 2.80. The van der Waals surface area contributed by atoms with Crippen LogP contribution in [0, 0.1) is 17.5 Å². The fourth-order valence-corrected chi connectivity index (χ4v) is 2.80. The van der Waals surface area contributed by atoms with Crippen molar-refractivity contribution in [3.63, 3.8) is 0 Å². The lowest BCUT2D eigenvalue weighted by Gasteiger charge is -2.36. The zero-order valence-electron chi connectivity index (χ0n) is 13.5. The zero-order chi connectivity index (χ0) is 17.8. The van der Waals surface area contributed by atoms with Gasteiger partial charge >= 0.3 is 6.03 Å². The molecule has 1 aliphatic heterocycles. The number of rotatable bonds is 3. The van der Waals surface area contributed by atoms with Crippen molar-refractivity contribution in [2.24, 2.45) is 0 Å². The topological polar surface area (TPSA) is 35.6 Å². The van der Waals surface area contributed by atoms with E-state index in [-0.39, 0.29) is 11.7 Å². The Morgan fingerprint density at radius 3 is 2.28 bits per heavy atom. The highest BCUT2D eigenvalue weighted by atomic mass is 19.2. The summed E-state index contributed by atoms with van der Waals surface area (Å²) in [5, 5.41) is 2.84. The molecular weight excluding hydrogens is 331 g/mol. The molecule has 1 saturated heterocycles. The van der Waals surface area contributed by atoms with Gasteiger partial charge in [-0.1, -0.05) is 30.3 Å². The largest absolute Gasteiger partial charge is 0.366 e. The number of nitrogens with zero attached hydrogens (tertiary/aromatic N) is 2. The SMILES string of the molecule is O=C(NCc1ccccc1)N1CCN(c2ccc(F)c(F)c2F)CC1. The third-order valence-corrected chi connectivity index (χ3v) is 4.21. The molecule has 1 N–H and O–H groups in total. The van der Waals surface area contributed by atoms with Crippen LogP contribution in [-0.4, -0.2) is 37.1 Å². The average molecular weight is 349 g/mol. The number of benzene rings is 2. The average Bonchev–Trinajstić information content (AvgIpc) is 2.65. The molecule has 3 rings (SSSR count). The summed E-state index contributed by atoms with van der Waals surface area (Å²) >= 11 is 0. The van der Waals surface area contributed by atoms with Crippen molar-refractivity contribution in [2.75, 3.05) is 31.1 Å². The van der Waals surface area contributed by atoms with Crippen LogP contribution in [0.4, 0.5) is 23.7 Å². The van der Waals surface area contributed by atoms with E-state index in [0.717, 1.165) is 11.6 Å². The second-order valence-electron chi connectivity index (χ2n) is 5.81.